The van der Waals surface area contributed by atoms with Crippen LogP contribution in [0.4, 0.5) is 0 Å². The lowest BCUT2D eigenvalue weighted by molar-refractivity contribution is -0.121. The van der Waals surface area contributed by atoms with Crippen molar-refractivity contribution in [2.24, 2.45) is 0 Å². The zero-order valence-electron chi connectivity index (χ0n) is 17.7. The molecule has 3 N–H and O–H groups in total. The van der Waals surface area contributed by atoms with Crippen LogP contribution in [0.3, 0.4) is 0 Å². The predicted molar refractivity (Wildman–Crippen MR) is 114 cm³/mol. The molecule has 2 aromatic carbocycles. The molecule has 0 saturated heterocycles. The Morgan fingerprint density at radius 2 is 1.45 bits per heavy atom. The van der Waals surface area contributed by atoms with Gasteiger partial charge in [0.2, 0.25) is 15.9 Å². The van der Waals surface area contributed by atoms with E-state index in [0.29, 0.717) is 5.56 Å². The van der Waals surface area contributed by atoms with E-state index in [9.17, 15) is 18.3 Å². The molecule has 0 bridgehead atoms. The molecular formula is C22H30N2O4S. The van der Waals surface area contributed by atoms with Gasteiger partial charge in [-0.05, 0) is 68.0 Å². The highest BCUT2D eigenvalue weighted by atomic mass is 32.2. The molecule has 0 aromatic heterocycles. The predicted octanol–water partition coefficient (Wildman–Crippen LogP) is 2.75. The van der Waals surface area contributed by atoms with E-state index in [2.05, 4.69) is 10.0 Å². The molecule has 2 aromatic rings. The number of aliphatic hydroxyl groups excluding tert-OH is 1. The number of hydrogen-bond donors (Lipinski definition) is 3. The van der Waals surface area contributed by atoms with Crippen LogP contribution < -0.4 is 10.0 Å². The van der Waals surface area contributed by atoms with Gasteiger partial charge in [-0.1, -0.05) is 30.3 Å². The van der Waals surface area contributed by atoms with E-state index in [1.165, 1.54) is 0 Å². The third-order valence-corrected chi connectivity index (χ3v) is 7.25. The van der Waals surface area contributed by atoms with Crippen molar-refractivity contribution >= 4 is 15.9 Å². The van der Waals surface area contributed by atoms with Gasteiger partial charge in [-0.3, -0.25) is 4.79 Å². The maximum Gasteiger partial charge on any atom is 0.241 e. The van der Waals surface area contributed by atoms with Crippen molar-refractivity contribution < 1.29 is 18.3 Å². The third kappa shape index (κ3) is 5.44. The van der Waals surface area contributed by atoms with Gasteiger partial charge >= 0.3 is 0 Å². The summed E-state index contributed by atoms with van der Waals surface area (Å²) in [5.41, 5.74) is 5.18. The van der Waals surface area contributed by atoms with Crippen LogP contribution >= 0.6 is 0 Å². The average molecular weight is 419 g/mol. The SMILES string of the molecule is Cc1c(C)c(C)c(S(=O)(=O)NCCC(=O)NCC(O)c2ccccc2)c(C)c1C. The quantitative estimate of drug-likeness (QED) is 0.614. The first kappa shape index (κ1) is 23.1. The fraction of sp³-hybridized carbons (Fsp3) is 0.409. The normalized spacial score (nSPS) is 12.6. The number of hydrogen-bond acceptors (Lipinski definition) is 4. The molecule has 1 amide bonds. The Morgan fingerprint density at radius 1 is 0.931 bits per heavy atom. The summed E-state index contributed by atoms with van der Waals surface area (Å²) in [6.07, 6.45) is -0.816. The van der Waals surface area contributed by atoms with Crippen molar-refractivity contribution in [2.75, 3.05) is 13.1 Å². The Bertz CT molecular complexity index is 957. The lowest BCUT2D eigenvalue weighted by Crippen LogP contribution is -2.33. The van der Waals surface area contributed by atoms with E-state index >= 15 is 0 Å². The molecule has 0 heterocycles. The standard InChI is InChI=1S/C22H30N2O4S/c1-14-15(2)17(4)22(18(5)16(14)3)29(27,28)24-12-11-21(26)23-13-20(25)19-9-7-6-8-10-19/h6-10,20,24-25H,11-13H2,1-5H3,(H,23,26). The zero-order valence-corrected chi connectivity index (χ0v) is 18.5. The summed E-state index contributed by atoms with van der Waals surface area (Å²) in [5, 5.41) is 12.7. The molecule has 0 aliphatic carbocycles. The van der Waals surface area contributed by atoms with Crippen LogP contribution in [-0.2, 0) is 14.8 Å². The Morgan fingerprint density at radius 3 is 2.00 bits per heavy atom. The molecule has 158 valence electrons. The second-order valence-electron chi connectivity index (χ2n) is 7.33. The van der Waals surface area contributed by atoms with Crippen LogP contribution in [0, 0.1) is 34.6 Å². The molecule has 0 aliphatic rings. The van der Waals surface area contributed by atoms with Crippen LogP contribution in [0.25, 0.3) is 0 Å². The van der Waals surface area contributed by atoms with Gasteiger partial charge in [-0.15, -0.1) is 0 Å². The van der Waals surface area contributed by atoms with Crippen molar-refractivity contribution in [3.8, 4) is 0 Å². The molecule has 1 atom stereocenters. The molecule has 0 saturated carbocycles. The van der Waals surface area contributed by atoms with Crippen molar-refractivity contribution in [3.05, 3.63) is 63.7 Å². The summed E-state index contributed by atoms with van der Waals surface area (Å²) in [5.74, 6) is -0.326. The molecule has 0 aliphatic heterocycles. The van der Waals surface area contributed by atoms with Gasteiger partial charge < -0.3 is 10.4 Å². The smallest absolute Gasteiger partial charge is 0.241 e. The van der Waals surface area contributed by atoms with Gasteiger partial charge in [-0.2, -0.15) is 0 Å². The van der Waals surface area contributed by atoms with Crippen molar-refractivity contribution in [1.29, 1.82) is 0 Å². The highest BCUT2D eigenvalue weighted by molar-refractivity contribution is 7.89. The zero-order chi connectivity index (χ0) is 21.8. The second kappa shape index (κ2) is 9.52. The number of sulfonamides is 1. The monoisotopic (exact) mass is 418 g/mol. The van der Waals surface area contributed by atoms with Crippen LogP contribution in [0.15, 0.2) is 35.2 Å². The van der Waals surface area contributed by atoms with Crippen LogP contribution in [0.2, 0.25) is 0 Å². The molecule has 2 rings (SSSR count). The fourth-order valence-electron chi connectivity index (χ4n) is 3.33. The van der Waals surface area contributed by atoms with Gasteiger partial charge in [-0.25, -0.2) is 13.1 Å². The van der Waals surface area contributed by atoms with E-state index in [4.69, 9.17) is 0 Å². The average Bonchev–Trinajstić information content (AvgIpc) is 2.69. The van der Waals surface area contributed by atoms with Crippen molar-refractivity contribution in [3.63, 3.8) is 0 Å². The maximum atomic E-state index is 12.8. The van der Waals surface area contributed by atoms with E-state index in [0.717, 1.165) is 27.8 Å². The van der Waals surface area contributed by atoms with E-state index in [1.54, 1.807) is 26.0 Å². The van der Waals surface area contributed by atoms with Crippen LogP contribution in [-0.4, -0.2) is 32.5 Å². The van der Waals surface area contributed by atoms with E-state index in [1.807, 2.05) is 39.0 Å². The number of amides is 1. The van der Waals surface area contributed by atoms with Gasteiger partial charge in [0.15, 0.2) is 0 Å². The summed E-state index contributed by atoms with van der Waals surface area (Å²) in [7, 11) is -3.73. The number of carbonyl (C=O) groups excluding carboxylic acids is 1. The molecule has 1 unspecified atom stereocenters. The molecular weight excluding hydrogens is 388 g/mol. The highest BCUT2D eigenvalue weighted by Crippen LogP contribution is 2.29. The molecule has 29 heavy (non-hydrogen) atoms. The number of nitrogens with one attached hydrogen (secondary N) is 2. The molecule has 7 heteroatoms. The van der Waals surface area contributed by atoms with Gasteiger partial charge in [0.05, 0.1) is 11.0 Å². The first-order valence-electron chi connectivity index (χ1n) is 9.62. The maximum absolute atomic E-state index is 12.8. The Labute approximate surface area is 173 Å². The minimum Gasteiger partial charge on any atom is -0.387 e. The van der Waals surface area contributed by atoms with Crippen molar-refractivity contribution in [1.82, 2.24) is 10.0 Å². The number of rotatable bonds is 8. The lowest BCUT2D eigenvalue weighted by atomic mass is 9.95. The van der Waals surface area contributed by atoms with Crippen molar-refractivity contribution in [2.45, 2.75) is 52.0 Å². The molecule has 0 radical (unpaired) electrons. The largest absolute Gasteiger partial charge is 0.387 e. The number of aliphatic hydroxyl groups is 1. The summed E-state index contributed by atoms with van der Waals surface area (Å²) in [6.45, 7) is 9.50. The number of carbonyl (C=O) groups is 1. The first-order valence-corrected chi connectivity index (χ1v) is 11.1. The topological polar surface area (TPSA) is 95.5 Å². The summed E-state index contributed by atoms with van der Waals surface area (Å²) in [6, 6.07) is 9.03. The summed E-state index contributed by atoms with van der Waals surface area (Å²) in [4.78, 5) is 12.3. The Balaban J connectivity index is 1.95. The van der Waals surface area contributed by atoms with Gasteiger partial charge in [0.1, 0.15) is 0 Å². The second-order valence-corrected chi connectivity index (χ2v) is 9.04. The van der Waals surface area contributed by atoms with Crippen LogP contribution in [0.1, 0.15) is 45.9 Å². The Kier molecular flexibility index (Phi) is 7.57. The molecule has 0 fully saturated rings. The molecule has 0 spiro atoms. The number of benzene rings is 2. The fourth-order valence-corrected chi connectivity index (χ4v) is 4.96. The summed E-state index contributed by atoms with van der Waals surface area (Å²) >= 11 is 0. The first-order chi connectivity index (χ1) is 13.6. The van der Waals surface area contributed by atoms with E-state index in [-0.39, 0.29) is 30.3 Å². The summed E-state index contributed by atoms with van der Waals surface area (Å²) < 4.78 is 28.2. The van der Waals surface area contributed by atoms with E-state index < -0.39 is 16.1 Å². The minimum absolute atomic E-state index is 0.0112. The van der Waals surface area contributed by atoms with Gasteiger partial charge in [0.25, 0.3) is 0 Å². The highest BCUT2D eigenvalue weighted by Gasteiger charge is 2.23. The Hall–Kier alpha value is -2.22. The third-order valence-electron chi connectivity index (χ3n) is 5.52. The van der Waals surface area contributed by atoms with Gasteiger partial charge in [0, 0.05) is 19.5 Å². The lowest BCUT2D eigenvalue weighted by Gasteiger charge is -2.19. The van der Waals surface area contributed by atoms with Crippen LogP contribution in [0.5, 0.6) is 0 Å². The minimum atomic E-state index is -3.73. The molecule has 6 nitrogen and oxygen atoms in total.